The van der Waals surface area contributed by atoms with Crippen LogP contribution in [0, 0.1) is 0 Å². The number of aromatic nitrogens is 2. The fourth-order valence-electron chi connectivity index (χ4n) is 1.76. The number of hydrogen-bond donors (Lipinski definition) is 2. The van der Waals surface area contributed by atoms with Crippen molar-refractivity contribution >= 4 is 17.0 Å². The van der Waals surface area contributed by atoms with Crippen LogP contribution in [0.5, 0.6) is 5.75 Å². The molecule has 1 aromatic carbocycles. The van der Waals surface area contributed by atoms with Gasteiger partial charge in [0.25, 0.3) is 0 Å². The normalized spacial score (nSPS) is 11.8. The first-order valence-electron chi connectivity index (χ1n) is 5.61. The topological polar surface area (TPSA) is 77.5 Å². The number of imidazole rings is 1. The van der Waals surface area contributed by atoms with E-state index in [1.54, 1.807) is 14.2 Å². The Morgan fingerprint density at radius 2 is 2.33 bits per heavy atom. The SMILES string of the molecule is CN=C(N)NCc1nc2cc(OC)ccc2n1C. The zero-order valence-electron chi connectivity index (χ0n) is 10.8. The Balaban J connectivity index is 2.32. The smallest absolute Gasteiger partial charge is 0.188 e. The maximum Gasteiger partial charge on any atom is 0.188 e. The lowest BCUT2D eigenvalue weighted by Crippen LogP contribution is -2.31. The van der Waals surface area contributed by atoms with Crippen LogP contribution in [0.3, 0.4) is 0 Å². The lowest BCUT2D eigenvalue weighted by molar-refractivity contribution is 0.415. The first-order valence-corrected chi connectivity index (χ1v) is 5.61. The average molecular weight is 247 g/mol. The standard InChI is InChI=1S/C12H17N5O/c1-14-12(13)15-7-11-16-9-6-8(18-3)4-5-10(9)17(11)2/h4-6H,7H2,1-3H3,(H3,13,14,15). The summed E-state index contributed by atoms with van der Waals surface area (Å²) in [6.45, 7) is 0.538. The van der Waals surface area contributed by atoms with Crippen LogP contribution < -0.4 is 15.8 Å². The first kappa shape index (κ1) is 12.2. The fourth-order valence-corrected chi connectivity index (χ4v) is 1.76. The van der Waals surface area contributed by atoms with Gasteiger partial charge in [-0.3, -0.25) is 4.99 Å². The zero-order chi connectivity index (χ0) is 13.1. The lowest BCUT2D eigenvalue weighted by Gasteiger charge is -2.04. The summed E-state index contributed by atoms with van der Waals surface area (Å²) >= 11 is 0. The number of guanidine groups is 1. The van der Waals surface area contributed by atoms with Gasteiger partial charge < -0.3 is 20.4 Å². The number of aliphatic imine (C=N–C) groups is 1. The second kappa shape index (κ2) is 4.95. The highest BCUT2D eigenvalue weighted by Crippen LogP contribution is 2.20. The minimum atomic E-state index is 0.402. The van der Waals surface area contributed by atoms with Gasteiger partial charge in [-0.15, -0.1) is 0 Å². The van der Waals surface area contributed by atoms with Crippen LogP contribution in [0.25, 0.3) is 11.0 Å². The van der Waals surface area contributed by atoms with E-state index in [1.165, 1.54) is 0 Å². The van der Waals surface area contributed by atoms with Crippen molar-refractivity contribution in [3.8, 4) is 5.75 Å². The van der Waals surface area contributed by atoms with Crippen molar-refractivity contribution in [2.45, 2.75) is 6.54 Å². The number of nitrogens with zero attached hydrogens (tertiary/aromatic N) is 3. The second-order valence-corrected chi connectivity index (χ2v) is 3.90. The molecule has 0 atom stereocenters. The van der Waals surface area contributed by atoms with Crippen LogP contribution in [0.4, 0.5) is 0 Å². The summed E-state index contributed by atoms with van der Waals surface area (Å²) in [6.07, 6.45) is 0. The predicted molar refractivity (Wildman–Crippen MR) is 71.7 cm³/mol. The van der Waals surface area contributed by atoms with E-state index in [1.807, 2.05) is 29.8 Å². The van der Waals surface area contributed by atoms with Crippen LogP contribution in [-0.4, -0.2) is 29.7 Å². The number of benzene rings is 1. The largest absolute Gasteiger partial charge is 0.497 e. The third-order valence-corrected chi connectivity index (χ3v) is 2.85. The molecule has 0 radical (unpaired) electrons. The molecule has 3 N–H and O–H groups in total. The molecule has 96 valence electrons. The number of hydrogen-bond acceptors (Lipinski definition) is 3. The van der Waals surface area contributed by atoms with E-state index in [2.05, 4.69) is 15.3 Å². The van der Waals surface area contributed by atoms with E-state index in [0.29, 0.717) is 12.5 Å². The number of nitrogens with one attached hydrogen (secondary N) is 1. The molecule has 1 aromatic heterocycles. The first-order chi connectivity index (χ1) is 8.65. The van der Waals surface area contributed by atoms with Gasteiger partial charge in [0.05, 0.1) is 24.7 Å². The Kier molecular flexibility index (Phi) is 3.36. The second-order valence-electron chi connectivity index (χ2n) is 3.90. The number of fused-ring (bicyclic) bond motifs is 1. The van der Waals surface area contributed by atoms with Crippen molar-refractivity contribution in [3.63, 3.8) is 0 Å². The molecule has 6 heteroatoms. The van der Waals surface area contributed by atoms with Crippen LogP contribution >= 0.6 is 0 Å². The van der Waals surface area contributed by atoms with E-state index >= 15 is 0 Å². The molecular formula is C12H17N5O. The summed E-state index contributed by atoms with van der Waals surface area (Å²) < 4.78 is 7.20. The van der Waals surface area contributed by atoms with Gasteiger partial charge in [-0.2, -0.15) is 0 Å². The summed E-state index contributed by atoms with van der Waals surface area (Å²) in [5.41, 5.74) is 7.55. The molecule has 2 rings (SSSR count). The maximum atomic E-state index is 5.59. The Bertz CT molecular complexity index is 587. The number of methoxy groups -OCH3 is 1. The highest BCUT2D eigenvalue weighted by atomic mass is 16.5. The molecule has 0 amide bonds. The van der Waals surface area contributed by atoms with Gasteiger partial charge in [0.2, 0.25) is 0 Å². The minimum Gasteiger partial charge on any atom is -0.497 e. The molecule has 0 saturated heterocycles. The molecule has 2 aromatic rings. The highest BCUT2D eigenvalue weighted by Gasteiger charge is 2.08. The van der Waals surface area contributed by atoms with Crippen molar-refractivity contribution in [2.75, 3.05) is 14.2 Å². The molecule has 0 bridgehead atoms. The zero-order valence-corrected chi connectivity index (χ0v) is 10.8. The Morgan fingerprint density at radius 3 is 3.00 bits per heavy atom. The molecule has 0 aliphatic rings. The summed E-state index contributed by atoms with van der Waals surface area (Å²) in [4.78, 5) is 8.38. The van der Waals surface area contributed by atoms with Crippen LogP contribution in [0.15, 0.2) is 23.2 Å². The predicted octanol–water partition coefficient (Wildman–Crippen LogP) is 0.616. The van der Waals surface area contributed by atoms with Gasteiger partial charge in [-0.1, -0.05) is 0 Å². The van der Waals surface area contributed by atoms with Gasteiger partial charge in [0.1, 0.15) is 11.6 Å². The van der Waals surface area contributed by atoms with Crippen molar-refractivity contribution < 1.29 is 4.74 Å². The number of aryl methyl sites for hydroxylation is 1. The molecule has 1 heterocycles. The summed E-state index contributed by atoms with van der Waals surface area (Å²) in [6, 6.07) is 5.82. The van der Waals surface area contributed by atoms with Crippen LogP contribution in [0.1, 0.15) is 5.82 Å². The molecule has 18 heavy (non-hydrogen) atoms. The summed E-state index contributed by atoms with van der Waals surface area (Å²) in [5, 5.41) is 2.99. The van der Waals surface area contributed by atoms with Crippen molar-refractivity contribution in [1.29, 1.82) is 0 Å². The van der Waals surface area contributed by atoms with E-state index in [-0.39, 0.29) is 0 Å². The molecule has 0 unspecified atom stereocenters. The summed E-state index contributed by atoms with van der Waals surface area (Å²) in [5.74, 6) is 2.10. The lowest BCUT2D eigenvalue weighted by atomic mass is 10.3. The molecule has 0 aliphatic heterocycles. The monoisotopic (exact) mass is 247 g/mol. The molecule has 0 saturated carbocycles. The Morgan fingerprint density at radius 1 is 1.56 bits per heavy atom. The maximum absolute atomic E-state index is 5.59. The van der Waals surface area contributed by atoms with Gasteiger partial charge in [-0.25, -0.2) is 4.98 Å². The minimum absolute atomic E-state index is 0.402. The van der Waals surface area contributed by atoms with Gasteiger partial charge >= 0.3 is 0 Å². The van der Waals surface area contributed by atoms with Gasteiger partial charge in [0.15, 0.2) is 5.96 Å². The van der Waals surface area contributed by atoms with Crippen molar-refractivity contribution in [3.05, 3.63) is 24.0 Å². The number of nitrogens with two attached hydrogens (primary N) is 1. The van der Waals surface area contributed by atoms with Gasteiger partial charge in [0, 0.05) is 20.2 Å². The molecule has 6 nitrogen and oxygen atoms in total. The van der Waals surface area contributed by atoms with E-state index < -0.39 is 0 Å². The Labute approximate surface area is 105 Å². The van der Waals surface area contributed by atoms with Crippen molar-refractivity contribution in [1.82, 2.24) is 14.9 Å². The van der Waals surface area contributed by atoms with Crippen molar-refractivity contribution in [2.24, 2.45) is 17.8 Å². The third-order valence-electron chi connectivity index (χ3n) is 2.85. The number of ether oxygens (including phenoxy) is 1. The molecule has 0 spiro atoms. The quantitative estimate of drug-likeness (QED) is 0.615. The van der Waals surface area contributed by atoms with E-state index in [9.17, 15) is 0 Å². The summed E-state index contributed by atoms with van der Waals surface area (Å²) in [7, 11) is 5.26. The fraction of sp³-hybridized carbons (Fsp3) is 0.333. The van der Waals surface area contributed by atoms with E-state index in [0.717, 1.165) is 22.6 Å². The molecule has 0 aliphatic carbocycles. The molecule has 0 fully saturated rings. The van der Waals surface area contributed by atoms with E-state index in [4.69, 9.17) is 10.5 Å². The van der Waals surface area contributed by atoms with Crippen LogP contribution in [-0.2, 0) is 13.6 Å². The Hall–Kier alpha value is -2.24. The van der Waals surface area contributed by atoms with Gasteiger partial charge in [-0.05, 0) is 12.1 Å². The number of rotatable bonds is 3. The van der Waals surface area contributed by atoms with Crippen LogP contribution in [0.2, 0.25) is 0 Å². The third kappa shape index (κ3) is 2.22. The molecular weight excluding hydrogens is 230 g/mol. The average Bonchev–Trinajstić information content (AvgIpc) is 2.72. The highest BCUT2D eigenvalue weighted by molar-refractivity contribution is 5.79.